The highest BCUT2D eigenvalue weighted by molar-refractivity contribution is 6.35. The summed E-state index contributed by atoms with van der Waals surface area (Å²) in [6.45, 7) is 3.02. The second kappa shape index (κ2) is 4.77. The fraction of sp³-hybridized carbons (Fsp3) is 0.667. The fourth-order valence-corrected chi connectivity index (χ4v) is 1.39. The number of ether oxygens (including phenoxy) is 1. The number of carbonyl (C=O) groups is 3. The summed E-state index contributed by atoms with van der Waals surface area (Å²) in [5.74, 6) is -1.69. The van der Waals surface area contributed by atoms with Gasteiger partial charge in [-0.3, -0.25) is 14.4 Å². The average molecular weight is 214 g/mol. The van der Waals surface area contributed by atoms with Crippen LogP contribution in [0.3, 0.4) is 0 Å². The van der Waals surface area contributed by atoms with E-state index in [0.717, 1.165) is 0 Å². The van der Waals surface area contributed by atoms with Crippen molar-refractivity contribution in [3.63, 3.8) is 0 Å². The SMILES string of the molecule is CCN1CCN(CC(=O)OC)C(=O)C1=O. The van der Waals surface area contributed by atoms with Crippen LogP contribution in [0.2, 0.25) is 0 Å². The van der Waals surface area contributed by atoms with Gasteiger partial charge in [0.05, 0.1) is 7.11 Å². The molecule has 1 heterocycles. The zero-order valence-corrected chi connectivity index (χ0v) is 8.86. The van der Waals surface area contributed by atoms with Crippen LogP contribution in [0.25, 0.3) is 0 Å². The first-order valence-corrected chi connectivity index (χ1v) is 4.75. The molecular weight excluding hydrogens is 200 g/mol. The lowest BCUT2D eigenvalue weighted by molar-refractivity contribution is -0.159. The summed E-state index contributed by atoms with van der Waals surface area (Å²) in [4.78, 5) is 36.5. The molecule has 1 rings (SSSR count). The molecule has 1 fully saturated rings. The Bertz CT molecular complexity index is 290. The molecule has 0 atom stereocenters. The Balaban J connectivity index is 2.61. The normalized spacial score (nSPS) is 16.9. The van der Waals surface area contributed by atoms with Crippen LogP contribution in [0, 0.1) is 0 Å². The van der Waals surface area contributed by atoms with Gasteiger partial charge in [0, 0.05) is 19.6 Å². The highest BCUT2D eigenvalue weighted by Gasteiger charge is 2.32. The number of likely N-dealkylation sites (N-methyl/N-ethyl adjacent to an activating group) is 1. The molecule has 6 heteroatoms. The molecule has 0 unspecified atom stereocenters. The Morgan fingerprint density at radius 3 is 2.33 bits per heavy atom. The first-order chi connectivity index (χ1) is 7.10. The topological polar surface area (TPSA) is 66.9 Å². The zero-order valence-electron chi connectivity index (χ0n) is 8.86. The molecule has 84 valence electrons. The third-order valence-electron chi connectivity index (χ3n) is 2.33. The van der Waals surface area contributed by atoms with Gasteiger partial charge in [0.25, 0.3) is 0 Å². The Kier molecular flexibility index (Phi) is 3.65. The molecule has 0 N–H and O–H groups in total. The van der Waals surface area contributed by atoms with E-state index in [4.69, 9.17) is 0 Å². The summed E-state index contributed by atoms with van der Waals surface area (Å²) in [5.41, 5.74) is 0. The largest absolute Gasteiger partial charge is 0.468 e. The van der Waals surface area contributed by atoms with E-state index in [-0.39, 0.29) is 6.54 Å². The molecule has 0 aliphatic carbocycles. The van der Waals surface area contributed by atoms with Crippen LogP contribution in [-0.2, 0) is 19.1 Å². The molecule has 0 radical (unpaired) electrons. The number of piperazine rings is 1. The number of nitrogens with zero attached hydrogens (tertiary/aromatic N) is 2. The number of hydrogen-bond donors (Lipinski definition) is 0. The van der Waals surface area contributed by atoms with Gasteiger partial charge >= 0.3 is 17.8 Å². The van der Waals surface area contributed by atoms with E-state index < -0.39 is 17.8 Å². The Morgan fingerprint density at radius 1 is 1.27 bits per heavy atom. The number of carbonyl (C=O) groups excluding carboxylic acids is 3. The summed E-state index contributed by atoms with van der Waals surface area (Å²) in [5, 5.41) is 0. The first kappa shape index (κ1) is 11.5. The lowest BCUT2D eigenvalue weighted by atomic mass is 10.3. The summed E-state index contributed by atoms with van der Waals surface area (Å²) in [7, 11) is 1.25. The van der Waals surface area contributed by atoms with Crippen LogP contribution in [0.4, 0.5) is 0 Å². The molecule has 1 saturated heterocycles. The van der Waals surface area contributed by atoms with Crippen molar-refractivity contribution in [3.05, 3.63) is 0 Å². The average Bonchev–Trinajstić information content (AvgIpc) is 2.25. The Hall–Kier alpha value is -1.59. The smallest absolute Gasteiger partial charge is 0.325 e. The van der Waals surface area contributed by atoms with Crippen LogP contribution >= 0.6 is 0 Å². The minimum atomic E-state index is -0.631. The van der Waals surface area contributed by atoms with Crippen molar-refractivity contribution >= 4 is 17.8 Å². The third kappa shape index (κ3) is 2.45. The number of methoxy groups -OCH3 is 1. The highest BCUT2D eigenvalue weighted by Crippen LogP contribution is 2.04. The van der Waals surface area contributed by atoms with Crippen LogP contribution in [0.5, 0.6) is 0 Å². The Morgan fingerprint density at radius 2 is 1.80 bits per heavy atom. The van der Waals surface area contributed by atoms with Gasteiger partial charge < -0.3 is 14.5 Å². The molecule has 0 aromatic heterocycles. The van der Waals surface area contributed by atoms with Gasteiger partial charge in [0.1, 0.15) is 6.54 Å². The van der Waals surface area contributed by atoms with Gasteiger partial charge in [-0.15, -0.1) is 0 Å². The highest BCUT2D eigenvalue weighted by atomic mass is 16.5. The van der Waals surface area contributed by atoms with Gasteiger partial charge in [-0.1, -0.05) is 0 Å². The Labute approximate surface area is 87.8 Å². The summed E-state index contributed by atoms with van der Waals surface area (Å²) in [6, 6.07) is 0. The van der Waals surface area contributed by atoms with Gasteiger partial charge in [0.2, 0.25) is 0 Å². The first-order valence-electron chi connectivity index (χ1n) is 4.75. The van der Waals surface area contributed by atoms with Crippen molar-refractivity contribution in [3.8, 4) is 0 Å². The molecule has 15 heavy (non-hydrogen) atoms. The van der Waals surface area contributed by atoms with Crippen LogP contribution in [0.1, 0.15) is 6.92 Å². The molecule has 2 amide bonds. The minimum absolute atomic E-state index is 0.154. The van der Waals surface area contributed by atoms with Gasteiger partial charge in [-0.2, -0.15) is 0 Å². The predicted molar refractivity (Wildman–Crippen MR) is 50.9 cm³/mol. The van der Waals surface area contributed by atoms with Crippen molar-refractivity contribution in [2.24, 2.45) is 0 Å². The molecule has 1 aliphatic heterocycles. The standard InChI is InChI=1S/C9H14N2O4/c1-3-10-4-5-11(6-7(12)15-2)9(14)8(10)13/h3-6H2,1-2H3. The van der Waals surface area contributed by atoms with E-state index in [1.165, 1.54) is 16.9 Å². The van der Waals surface area contributed by atoms with E-state index in [1.807, 2.05) is 0 Å². The number of rotatable bonds is 3. The molecular formula is C9H14N2O4. The van der Waals surface area contributed by atoms with Crippen molar-refractivity contribution in [2.75, 3.05) is 33.3 Å². The van der Waals surface area contributed by atoms with E-state index in [2.05, 4.69) is 4.74 Å². The predicted octanol–water partition coefficient (Wildman–Crippen LogP) is -1.15. The molecule has 0 aromatic carbocycles. The lowest BCUT2D eigenvalue weighted by Gasteiger charge is -2.32. The fourth-order valence-electron chi connectivity index (χ4n) is 1.39. The van der Waals surface area contributed by atoms with Crippen molar-refractivity contribution in [1.29, 1.82) is 0 Å². The maximum atomic E-state index is 11.5. The van der Waals surface area contributed by atoms with Crippen molar-refractivity contribution in [2.45, 2.75) is 6.92 Å². The molecule has 0 saturated carbocycles. The zero-order chi connectivity index (χ0) is 11.4. The van der Waals surface area contributed by atoms with Gasteiger partial charge in [0.15, 0.2) is 0 Å². The number of amides is 2. The summed E-state index contributed by atoms with van der Waals surface area (Å²) < 4.78 is 4.43. The van der Waals surface area contributed by atoms with Gasteiger partial charge in [-0.05, 0) is 6.92 Å². The molecule has 0 aromatic rings. The lowest BCUT2D eigenvalue weighted by Crippen LogP contribution is -2.55. The van der Waals surface area contributed by atoms with Crippen LogP contribution < -0.4 is 0 Å². The van der Waals surface area contributed by atoms with Crippen LogP contribution in [-0.4, -0.2) is 60.9 Å². The summed E-state index contributed by atoms with van der Waals surface area (Å²) in [6.07, 6.45) is 0. The van der Waals surface area contributed by atoms with Crippen molar-refractivity contribution in [1.82, 2.24) is 9.80 Å². The minimum Gasteiger partial charge on any atom is -0.468 e. The van der Waals surface area contributed by atoms with E-state index in [0.29, 0.717) is 19.6 Å². The molecule has 1 aliphatic rings. The van der Waals surface area contributed by atoms with E-state index >= 15 is 0 Å². The molecule has 0 bridgehead atoms. The molecule has 6 nitrogen and oxygen atoms in total. The van der Waals surface area contributed by atoms with Crippen molar-refractivity contribution < 1.29 is 19.1 Å². The summed E-state index contributed by atoms with van der Waals surface area (Å²) >= 11 is 0. The second-order valence-corrected chi connectivity index (χ2v) is 3.19. The second-order valence-electron chi connectivity index (χ2n) is 3.19. The van der Waals surface area contributed by atoms with E-state index in [1.54, 1.807) is 6.92 Å². The number of esters is 1. The maximum absolute atomic E-state index is 11.5. The number of hydrogen-bond acceptors (Lipinski definition) is 4. The monoisotopic (exact) mass is 214 g/mol. The molecule has 0 spiro atoms. The maximum Gasteiger partial charge on any atom is 0.325 e. The van der Waals surface area contributed by atoms with Crippen LogP contribution in [0.15, 0.2) is 0 Å². The third-order valence-corrected chi connectivity index (χ3v) is 2.33. The van der Waals surface area contributed by atoms with Gasteiger partial charge in [-0.25, -0.2) is 0 Å². The quantitative estimate of drug-likeness (QED) is 0.439. The van der Waals surface area contributed by atoms with E-state index in [9.17, 15) is 14.4 Å².